The Morgan fingerprint density at radius 3 is 2.41 bits per heavy atom. The van der Waals surface area contributed by atoms with Crippen LogP contribution in [0.1, 0.15) is 0 Å². The molecule has 0 radical (unpaired) electrons. The molecule has 0 aliphatic heterocycles. The molecule has 0 saturated heterocycles. The molecule has 2 rings (SSSR count). The molecule has 0 heterocycles. The second-order valence-corrected chi connectivity index (χ2v) is 4.06. The molecule has 0 aliphatic rings. The van der Waals surface area contributed by atoms with E-state index < -0.39 is 0 Å². The summed E-state index contributed by atoms with van der Waals surface area (Å²) in [6.45, 7) is 0. The number of nitrogen functional groups attached to an aromatic ring is 1. The van der Waals surface area contributed by atoms with Gasteiger partial charge in [0.15, 0.2) is 0 Å². The monoisotopic (exact) mass is 248 g/mol. The van der Waals surface area contributed by atoms with Gasteiger partial charge >= 0.3 is 0 Å². The zero-order valence-corrected chi connectivity index (χ0v) is 10.2. The fourth-order valence-corrected chi connectivity index (χ4v) is 1.64. The SMILES string of the molecule is COc1cc(N)cc(Nc2ccc(Cl)cc2)c1. The van der Waals surface area contributed by atoms with Gasteiger partial charge in [0.2, 0.25) is 0 Å². The fraction of sp³-hybridized carbons (Fsp3) is 0.0769. The highest BCUT2D eigenvalue weighted by molar-refractivity contribution is 6.30. The van der Waals surface area contributed by atoms with E-state index in [-0.39, 0.29) is 0 Å². The van der Waals surface area contributed by atoms with Crippen LogP contribution in [0, 0.1) is 0 Å². The normalized spacial score (nSPS) is 10.0. The number of hydrogen-bond donors (Lipinski definition) is 2. The summed E-state index contributed by atoms with van der Waals surface area (Å²) in [5.41, 5.74) is 8.25. The second kappa shape index (κ2) is 4.97. The summed E-state index contributed by atoms with van der Waals surface area (Å²) in [6, 6.07) is 13.0. The van der Waals surface area contributed by atoms with E-state index in [1.54, 1.807) is 13.2 Å². The van der Waals surface area contributed by atoms with Gasteiger partial charge in [-0.15, -0.1) is 0 Å². The van der Waals surface area contributed by atoms with E-state index in [9.17, 15) is 0 Å². The molecule has 0 saturated carbocycles. The van der Waals surface area contributed by atoms with E-state index >= 15 is 0 Å². The minimum atomic E-state index is 0.654. The van der Waals surface area contributed by atoms with E-state index in [0.717, 1.165) is 17.1 Å². The number of anilines is 3. The number of nitrogens with one attached hydrogen (secondary N) is 1. The lowest BCUT2D eigenvalue weighted by Gasteiger charge is -2.09. The van der Waals surface area contributed by atoms with Crippen molar-refractivity contribution in [3.8, 4) is 5.75 Å². The Labute approximate surface area is 105 Å². The molecule has 3 nitrogen and oxygen atoms in total. The van der Waals surface area contributed by atoms with Crippen LogP contribution in [0.4, 0.5) is 17.1 Å². The molecule has 2 aromatic carbocycles. The van der Waals surface area contributed by atoms with Crippen molar-refractivity contribution >= 4 is 28.7 Å². The van der Waals surface area contributed by atoms with Gasteiger partial charge in [-0.3, -0.25) is 0 Å². The van der Waals surface area contributed by atoms with E-state index in [1.165, 1.54) is 0 Å². The molecule has 88 valence electrons. The van der Waals surface area contributed by atoms with Crippen molar-refractivity contribution < 1.29 is 4.74 Å². The standard InChI is InChI=1S/C13H13ClN2O/c1-17-13-7-10(15)6-12(8-13)16-11-4-2-9(14)3-5-11/h2-8,16H,15H2,1H3. The van der Waals surface area contributed by atoms with Gasteiger partial charge in [-0.1, -0.05) is 11.6 Å². The molecule has 17 heavy (non-hydrogen) atoms. The molecule has 3 N–H and O–H groups in total. The first kappa shape index (κ1) is 11.6. The minimum Gasteiger partial charge on any atom is -0.497 e. The average Bonchev–Trinajstić information content (AvgIpc) is 2.31. The molecule has 4 heteroatoms. The smallest absolute Gasteiger partial charge is 0.122 e. The number of methoxy groups -OCH3 is 1. The van der Waals surface area contributed by atoms with Gasteiger partial charge in [-0.2, -0.15) is 0 Å². The van der Waals surface area contributed by atoms with Crippen LogP contribution >= 0.6 is 11.6 Å². The Balaban J connectivity index is 2.23. The zero-order valence-electron chi connectivity index (χ0n) is 9.41. The second-order valence-electron chi connectivity index (χ2n) is 3.63. The summed E-state index contributed by atoms with van der Waals surface area (Å²) in [6.07, 6.45) is 0. The zero-order chi connectivity index (χ0) is 12.3. The molecule has 0 unspecified atom stereocenters. The van der Waals surface area contributed by atoms with E-state index in [2.05, 4.69) is 5.32 Å². The van der Waals surface area contributed by atoms with Gasteiger partial charge in [0.25, 0.3) is 0 Å². The third-order valence-corrected chi connectivity index (χ3v) is 2.55. The predicted octanol–water partition coefficient (Wildman–Crippen LogP) is 3.67. The molecule has 0 atom stereocenters. The molecule has 0 spiro atoms. The Bertz CT molecular complexity index is 511. The summed E-state index contributed by atoms with van der Waals surface area (Å²) in [4.78, 5) is 0. The molecular weight excluding hydrogens is 236 g/mol. The maximum atomic E-state index is 5.82. The van der Waals surface area contributed by atoms with Crippen molar-refractivity contribution in [2.24, 2.45) is 0 Å². The van der Waals surface area contributed by atoms with Crippen molar-refractivity contribution in [1.82, 2.24) is 0 Å². The quantitative estimate of drug-likeness (QED) is 0.815. The van der Waals surface area contributed by atoms with Crippen molar-refractivity contribution in [2.75, 3.05) is 18.2 Å². The number of nitrogens with two attached hydrogens (primary N) is 1. The Hall–Kier alpha value is -1.87. The maximum Gasteiger partial charge on any atom is 0.122 e. The number of rotatable bonds is 3. The lowest BCUT2D eigenvalue weighted by molar-refractivity contribution is 0.415. The number of hydrogen-bond acceptors (Lipinski definition) is 3. The minimum absolute atomic E-state index is 0.654. The molecule has 0 aromatic heterocycles. The van der Waals surface area contributed by atoms with Gasteiger partial charge in [0.1, 0.15) is 5.75 Å². The average molecular weight is 249 g/mol. The number of ether oxygens (including phenoxy) is 1. The molecule has 0 fully saturated rings. The van der Waals surface area contributed by atoms with Gasteiger partial charge in [0.05, 0.1) is 7.11 Å². The first-order chi connectivity index (χ1) is 8.17. The van der Waals surface area contributed by atoms with Gasteiger partial charge in [-0.25, -0.2) is 0 Å². The van der Waals surface area contributed by atoms with Gasteiger partial charge in [-0.05, 0) is 30.3 Å². The summed E-state index contributed by atoms with van der Waals surface area (Å²) in [5.74, 6) is 0.724. The summed E-state index contributed by atoms with van der Waals surface area (Å²) in [5, 5.41) is 3.94. The predicted molar refractivity (Wildman–Crippen MR) is 72.1 cm³/mol. The molecule has 0 amide bonds. The lowest BCUT2D eigenvalue weighted by Crippen LogP contribution is -1.94. The maximum absolute atomic E-state index is 5.82. The number of benzene rings is 2. The Kier molecular flexibility index (Phi) is 3.40. The lowest BCUT2D eigenvalue weighted by atomic mass is 10.2. The van der Waals surface area contributed by atoms with Crippen LogP contribution in [-0.2, 0) is 0 Å². The van der Waals surface area contributed by atoms with Crippen LogP contribution in [0.25, 0.3) is 0 Å². The third kappa shape index (κ3) is 3.04. The van der Waals surface area contributed by atoms with Crippen LogP contribution in [0.5, 0.6) is 5.75 Å². The molecule has 0 aliphatic carbocycles. The van der Waals surface area contributed by atoms with E-state index in [1.807, 2.05) is 36.4 Å². The van der Waals surface area contributed by atoms with Gasteiger partial charge < -0.3 is 15.8 Å². The van der Waals surface area contributed by atoms with Crippen molar-refractivity contribution in [3.63, 3.8) is 0 Å². The Morgan fingerprint density at radius 1 is 1.06 bits per heavy atom. The molecular formula is C13H13ClN2O. The van der Waals surface area contributed by atoms with Crippen LogP contribution in [0.15, 0.2) is 42.5 Å². The van der Waals surface area contributed by atoms with E-state index in [0.29, 0.717) is 10.7 Å². The largest absolute Gasteiger partial charge is 0.497 e. The first-order valence-corrected chi connectivity index (χ1v) is 5.52. The highest BCUT2D eigenvalue weighted by Gasteiger charge is 2.00. The number of halogens is 1. The van der Waals surface area contributed by atoms with Crippen molar-refractivity contribution in [1.29, 1.82) is 0 Å². The summed E-state index contributed by atoms with van der Waals surface area (Å²) < 4.78 is 5.15. The fourth-order valence-electron chi connectivity index (χ4n) is 1.51. The van der Waals surface area contributed by atoms with Crippen LogP contribution in [0.2, 0.25) is 5.02 Å². The summed E-state index contributed by atoms with van der Waals surface area (Å²) >= 11 is 5.82. The van der Waals surface area contributed by atoms with Crippen LogP contribution in [-0.4, -0.2) is 7.11 Å². The van der Waals surface area contributed by atoms with Crippen molar-refractivity contribution in [2.45, 2.75) is 0 Å². The molecule has 2 aromatic rings. The van der Waals surface area contributed by atoms with Crippen molar-refractivity contribution in [3.05, 3.63) is 47.5 Å². The molecule has 0 bridgehead atoms. The third-order valence-electron chi connectivity index (χ3n) is 2.30. The van der Waals surface area contributed by atoms with Crippen LogP contribution in [0.3, 0.4) is 0 Å². The summed E-state index contributed by atoms with van der Waals surface area (Å²) in [7, 11) is 1.61. The topological polar surface area (TPSA) is 47.3 Å². The van der Waals surface area contributed by atoms with Crippen LogP contribution < -0.4 is 15.8 Å². The Morgan fingerprint density at radius 2 is 1.76 bits per heavy atom. The van der Waals surface area contributed by atoms with E-state index in [4.69, 9.17) is 22.1 Å². The first-order valence-electron chi connectivity index (χ1n) is 5.14. The highest BCUT2D eigenvalue weighted by Crippen LogP contribution is 2.25. The highest BCUT2D eigenvalue weighted by atomic mass is 35.5. The van der Waals surface area contributed by atoms with Gasteiger partial charge in [0, 0.05) is 34.2 Å².